The van der Waals surface area contributed by atoms with E-state index >= 15 is 13.2 Å². The highest BCUT2D eigenvalue weighted by Crippen LogP contribution is 2.46. The fraction of sp³-hybridized carbons (Fsp3) is 0.0893. The predicted octanol–water partition coefficient (Wildman–Crippen LogP) is 21.6. The van der Waals surface area contributed by atoms with Gasteiger partial charge in [-0.3, -0.25) is 14.4 Å². The first-order chi connectivity index (χ1) is 72.8. The van der Waals surface area contributed by atoms with Crippen molar-refractivity contribution in [3.8, 4) is 11.1 Å². The molecule has 0 radical (unpaired) electrons. The van der Waals surface area contributed by atoms with E-state index in [9.17, 15) is 43.1 Å². The van der Waals surface area contributed by atoms with Crippen molar-refractivity contribution in [3.05, 3.63) is 361 Å². The average Bonchev–Trinajstić information content (AvgIpc) is 1.55. The first kappa shape index (κ1) is 94.1. The summed E-state index contributed by atoms with van der Waals surface area (Å²) in [6.07, 6.45) is 11.7. The quantitative estimate of drug-likeness (QED) is 0.0370. The molecule has 27 aromatic rings. The van der Waals surface area contributed by atoms with Crippen LogP contribution in [0.3, 0.4) is 0 Å². The van der Waals surface area contributed by atoms with Gasteiger partial charge in [-0.25, -0.2) is 71.6 Å². The van der Waals surface area contributed by atoms with Crippen LogP contribution in [0.4, 0.5) is 40.8 Å². The van der Waals surface area contributed by atoms with E-state index in [0.717, 1.165) is 49.3 Å². The third kappa shape index (κ3) is 16.6. The maximum atomic E-state index is 15.3. The molecule has 0 unspecified atom stereocenters. The lowest BCUT2D eigenvalue weighted by atomic mass is 10.0. The van der Waals surface area contributed by atoms with Crippen molar-refractivity contribution in [2.75, 3.05) is 63.4 Å². The lowest BCUT2D eigenvalue weighted by molar-refractivity contribution is -0.117. The summed E-state index contributed by atoms with van der Waals surface area (Å²) in [4.78, 5) is 129. The lowest BCUT2D eigenvalue weighted by Crippen LogP contribution is -2.27. The van der Waals surface area contributed by atoms with Gasteiger partial charge in [0.15, 0.2) is 0 Å². The number of H-pyrrole nitrogens is 2. The number of aromatic carboxylic acids is 1. The molecule has 8 aromatic carbocycles. The number of aromatic nitrogens is 12. The van der Waals surface area contributed by atoms with E-state index in [1.165, 1.54) is 72.2 Å². The third-order valence-corrected chi connectivity index (χ3v) is 26.3. The maximum absolute atomic E-state index is 15.3. The number of nitrogens with one attached hydrogen (secondary N) is 4. The molecule has 2 amide bonds. The highest BCUT2D eigenvalue weighted by molar-refractivity contribution is 6.29. The number of nitrogen functional groups attached to an aromatic ring is 2. The van der Waals surface area contributed by atoms with Crippen LogP contribution in [0, 0.1) is 23.3 Å². The average molecular weight is 2030 g/mol. The molecule has 33 nitrogen and oxygen atoms in total. The van der Waals surface area contributed by atoms with E-state index < -0.39 is 51.7 Å². The van der Waals surface area contributed by atoms with Crippen LogP contribution in [0.15, 0.2) is 318 Å². The molecule has 0 fully saturated rings. The number of likely N-dealkylation sites (N-methyl/N-ethyl adjacent to an activating group) is 2. The standard InChI is InChI=1S/C30H24FN5O5.C30H22FN5O4.C26H15FN4O3.C16H7FN2O3.C10H9ClN2/c1-35(2)15-24(37)34-23-12-16(17-6-3-4-8-21(17)33-23)14-36-22-13-20(31)18-9-11-41-28(18)26(22)25(27(36)30(39)40)19-7-5-10-32-29(19)38;1-35(2)15-24(37)34-23-12-16(17-6-3-4-8-21(17)33-23)14-36-22-13-20(31)18-9-11-39-28(18)26(22)25-19-7-5-10-32-29(19)40-30(38)27(25)36;27-17-11-19-22(24-15(17)7-9-33-24)21-16-5-3-8-29-25(16)34-26(32)23(21)31(19)12-13-10-20(28)30-18-6-2-1-4-14(13)18;17-9-6-10-12(14-7(9)3-5-21-14)11-8-2-1-4-18-15(8)22-16(20)13(11)19-10;11-6-7-5-10(12)13-9-4-2-1-3-8(7)9/h3-13H,14-15H2,1-2H3,(H,32,38)(H,39,40)(H,33,34,37);3-13H,14-15H2,1-2H3,(H,33,34,37);1-11H,12H2,(H2,28,30);1-6,19H;1-5H,6H2,(H2,12,13). The fourth-order valence-corrected chi connectivity index (χ4v) is 20.2. The van der Waals surface area contributed by atoms with Crippen molar-refractivity contribution in [1.82, 2.24) is 68.4 Å². The number of carboxylic acid groups (broad SMARTS) is 1. The zero-order valence-electron chi connectivity index (χ0n) is 79.2. The molecule has 27 rings (SSSR count). The molecule has 0 aliphatic heterocycles. The number of benzene rings is 8. The maximum Gasteiger partial charge on any atom is 0.362 e. The minimum atomic E-state index is -1.31. The highest BCUT2D eigenvalue weighted by atomic mass is 35.5. The lowest BCUT2D eigenvalue weighted by Gasteiger charge is -2.15. The Balaban J connectivity index is 0.000000107. The van der Waals surface area contributed by atoms with Gasteiger partial charge >= 0.3 is 22.8 Å². The number of pyridine rings is 8. The summed E-state index contributed by atoms with van der Waals surface area (Å²) in [5, 5.41) is 26.8. The number of nitrogens with zero attached hydrogens (tertiary/aromatic N) is 12. The summed E-state index contributed by atoms with van der Waals surface area (Å²) in [7, 11) is 7.16. The number of anilines is 4. The molecule has 150 heavy (non-hydrogen) atoms. The van der Waals surface area contributed by atoms with Gasteiger partial charge in [0.25, 0.3) is 5.56 Å². The molecule has 740 valence electrons. The van der Waals surface area contributed by atoms with Crippen molar-refractivity contribution in [2.24, 2.45) is 0 Å². The molecule has 0 spiro atoms. The van der Waals surface area contributed by atoms with Crippen molar-refractivity contribution in [2.45, 2.75) is 25.5 Å². The number of carbonyl (C=O) groups is 3. The predicted molar refractivity (Wildman–Crippen MR) is 567 cm³/mol. The Morgan fingerprint density at radius 2 is 0.780 bits per heavy atom. The molecular formula is C112H77ClF4N18O15. The van der Waals surface area contributed by atoms with Gasteiger partial charge in [-0.05, 0) is 196 Å². The van der Waals surface area contributed by atoms with Crippen LogP contribution in [0.2, 0.25) is 0 Å². The number of para-hydroxylation sites is 4. The molecule has 0 saturated heterocycles. The van der Waals surface area contributed by atoms with E-state index in [2.05, 4.69) is 55.5 Å². The normalized spacial score (nSPS) is 11.8. The molecule has 38 heteroatoms. The number of hydrogen-bond donors (Lipinski definition) is 7. The van der Waals surface area contributed by atoms with E-state index in [1.807, 2.05) is 103 Å². The van der Waals surface area contributed by atoms with E-state index in [4.69, 9.17) is 54.0 Å². The van der Waals surface area contributed by atoms with Gasteiger partial charge in [0.1, 0.15) is 91.1 Å². The molecule has 19 aromatic heterocycles. The largest absolute Gasteiger partial charge is 0.477 e. The molecule has 9 N–H and O–H groups in total. The number of fused-ring (bicyclic) bond motifs is 28. The Morgan fingerprint density at radius 3 is 1.21 bits per heavy atom. The third-order valence-electron chi connectivity index (χ3n) is 26.0. The van der Waals surface area contributed by atoms with Crippen molar-refractivity contribution >= 4 is 250 Å². The Bertz CT molecular complexity index is 10600. The molecule has 0 atom stereocenters. The van der Waals surface area contributed by atoms with Crippen LogP contribution in [0.1, 0.15) is 32.7 Å². The fourth-order valence-electron chi connectivity index (χ4n) is 20.0. The number of carbonyl (C=O) groups excluding carboxylic acids is 2. The van der Waals surface area contributed by atoms with Crippen molar-refractivity contribution < 1.29 is 68.0 Å². The SMILES string of the molecule is CN(C)CC(=O)Nc1cc(Cn2c(C(=O)O)c(-c3ccc[nH]c3=O)c3c4occc4c(F)cc32)c2ccccc2n1.CN(C)CC(=O)Nc1cc(Cn2c3cc(F)c4ccoc4c3c3c4cccnc4oc(=O)c32)c2ccccc2n1.Nc1cc(CCl)c2ccccc2n1.Nc1cc(Cn2c3cc(F)c4ccoc4c3c3c4cccnc4oc(=O)c32)c2ccccc2n1.O=c1oc2ncccc2c2c1[nH]c1cc(F)c3ccoc3c12. The molecule has 0 bridgehead atoms. The summed E-state index contributed by atoms with van der Waals surface area (Å²) in [5.74, 6) is -1.69. The number of alkyl halides is 1. The molecule has 0 aliphatic carbocycles. The molecule has 19 heterocycles. The number of carboxylic acids is 1. The van der Waals surface area contributed by atoms with Gasteiger partial charge < -0.3 is 91.6 Å². The van der Waals surface area contributed by atoms with Gasteiger partial charge in [-0.1, -0.05) is 72.8 Å². The second-order valence-electron chi connectivity index (χ2n) is 36.0. The van der Waals surface area contributed by atoms with Crippen LogP contribution >= 0.6 is 11.6 Å². The Labute approximate surface area is 842 Å². The topological polar surface area (TPSA) is 451 Å². The molecule has 0 aliphatic rings. The summed E-state index contributed by atoms with van der Waals surface area (Å²) in [6, 6.07) is 62.7. The number of halogens is 5. The van der Waals surface area contributed by atoms with Gasteiger partial charge in [0.05, 0.1) is 131 Å². The van der Waals surface area contributed by atoms with Crippen molar-refractivity contribution in [3.63, 3.8) is 0 Å². The molecule has 0 saturated carbocycles. The van der Waals surface area contributed by atoms with E-state index in [0.29, 0.717) is 155 Å². The second-order valence-corrected chi connectivity index (χ2v) is 36.2. The van der Waals surface area contributed by atoms with Crippen LogP contribution in [0.5, 0.6) is 0 Å². The number of amides is 2. The number of hydrogen-bond acceptors (Lipinski definition) is 25. The minimum Gasteiger partial charge on any atom is -0.477 e. The van der Waals surface area contributed by atoms with Gasteiger partial charge in [-0.2, -0.15) is 0 Å². The Kier molecular flexibility index (Phi) is 23.8. The van der Waals surface area contributed by atoms with Crippen LogP contribution < -0.4 is 44.5 Å². The monoisotopic (exact) mass is 2020 g/mol. The Morgan fingerprint density at radius 1 is 0.407 bits per heavy atom. The summed E-state index contributed by atoms with van der Waals surface area (Å²) in [6.45, 7) is 0.714. The summed E-state index contributed by atoms with van der Waals surface area (Å²) in [5.41, 5.74) is 20.1. The number of furan rings is 4. The van der Waals surface area contributed by atoms with Crippen LogP contribution in [-0.4, -0.2) is 133 Å². The van der Waals surface area contributed by atoms with Gasteiger partial charge in [0.2, 0.25) is 29.0 Å². The first-order valence-electron chi connectivity index (χ1n) is 46.6. The van der Waals surface area contributed by atoms with Crippen molar-refractivity contribution in [1.29, 1.82) is 0 Å². The zero-order chi connectivity index (χ0) is 103. The van der Waals surface area contributed by atoms with E-state index in [-0.39, 0.29) is 106 Å². The van der Waals surface area contributed by atoms with Crippen LogP contribution in [-0.2, 0) is 35.1 Å². The van der Waals surface area contributed by atoms with E-state index in [1.54, 1.807) is 145 Å². The zero-order valence-corrected chi connectivity index (χ0v) is 80.0. The van der Waals surface area contributed by atoms with Crippen LogP contribution in [0.25, 0.3) is 208 Å². The highest BCUT2D eigenvalue weighted by Gasteiger charge is 2.33. The Hall–Kier alpha value is -19.5. The van der Waals surface area contributed by atoms with Gasteiger partial charge in [0, 0.05) is 110 Å². The van der Waals surface area contributed by atoms with Gasteiger partial charge in [-0.15, -0.1) is 11.6 Å². The number of aromatic amines is 2. The number of rotatable bonds is 15. The summed E-state index contributed by atoms with van der Waals surface area (Å²) >= 11 is 5.79. The second kappa shape index (κ2) is 37.9. The summed E-state index contributed by atoms with van der Waals surface area (Å²) < 4.78 is 104. The number of nitrogens with two attached hydrogens (primary N) is 2. The molecular weight excluding hydrogens is 1950 g/mol. The first-order valence-corrected chi connectivity index (χ1v) is 47.1. The minimum absolute atomic E-state index is 0.0336. The smallest absolute Gasteiger partial charge is 0.362 e.